The molecule has 6 nitrogen and oxygen atoms in total. The Hall–Kier alpha value is -1.42. The summed E-state index contributed by atoms with van der Waals surface area (Å²) >= 11 is 0. The van der Waals surface area contributed by atoms with Crippen LogP contribution in [-0.4, -0.2) is 59.9 Å². The second-order valence-electron chi connectivity index (χ2n) is 4.53. The summed E-state index contributed by atoms with van der Waals surface area (Å²) in [5.74, 6) is -2.89. The van der Waals surface area contributed by atoms with Gasteiger partial charge < -0.3 is 21.5 Å². The molecule has 0 aromatic carbocycles. The number of alkyl halides is 4. The van der Waals surface area contributed by atoms with Crippen molar-refractivity contribution in [2.24, 2.45) is 11.5 Å². The Labute approximate surface area is 119 Å². The minimum Gasteiger partial charge on any atom is -0.475 e. The van der Waals surface area contributed by atoms with Crippen LogP contribution < -0.4 is 11.5 Å². The summed E-state index contributed by atoms with van der Waals surface area (Å²) in [6.45, 7) is 1.05. The lowest BCUT2D eigenvalue weighted by atomic mass is 10.1. The molecule has 1 saturated heterocycles. The molecule has 0 aromatic rings. The van der Waals surface area contributed by atoms with E-state index in [9.17, 15) is 22.4 Å². The third-order valence-corrected chi connectivity index (χ3v) is 2.68. The van der Waals surface area contributed by atoms with Crippen LogP contribution in [0.5, 0.6) is 0 Å². The first-order valence-corrected chi connectivity index (χ1v) is 6.28. The second-order valence-corrected chi connectivity index (χ2v) is 4.53. The number of carboxylic acids is 1. The molecule has 0 saturated carbocycles. The van der Waals surface area contributed by atoms with E-state index in [1.54, 1.807) is 0 Å². The summed E-state index contributed by atoms with van der Waals surface area (Å²) < 4.78 is 44.2. The second kappa shape index (κ2) is 8.78. The quantitative estimate of drug-likeness (QED) is 0.497. The lowest BCUT2D eigenvalue weighted by molar-refractivity contribution is -0.192. The van der Waals surface area contributed by atoms with Gasteiger partial charge in [0.05, 0.1) is 19.1 Å². The summed E-state index contributed by atoms with van der Waals surface area (Å²) in [6.07, 6.45) is -3.55. The number of hydrogen-bond acceptors (Lipinski definition) is 4. The van der Waals surface area contributed by atoms with Crippen LogP contribution in [0.2, 0.25) is 0 Å². The highest BCUT2D eigenvalue weighted by atomic mass is 19.4. The van der Waals surface area contributed by atoms with Gasteiger partial charge in [0.2, 0.25) is 5.91 Å². The average molecular weight is 317 g/mol. The van der Waals surface area contributed by atoms with E-state index < -0.39 is 24.4 Å². The molecule has 1 fully saturated rings. The Morgan fingerprint density at radius 2 is 1.76 bits per heavy atom. The Kier molecular flexibility index (Phi) is 8.18. The number of likely N-dealkylation sites (tertiary alicyclic amines) is 1. The Bertz CT molecular complexity index is 346. The first-order valence-electron chi connectivity index (χ1n) is 6.28. The lowest BCUT2D eigenvalue weighted by Crippen LogP contribution is -2.56. The van der Waals surface area contributed by atoms with E-state index in [-0.39, 0.29) is 19.0 Å². The van der Waals surface area contributed by atoms with E-state index >= 15 is 0 Å². The lowest BCUT2D eigenvalue weighted by Gasteiger charge is -2.36. The van der Waals surface area contributed by atoms with E-state index in [2.05, 4.69) is 0 Å². The molecule has 10 heteroatoms. The van der Waals surface area contributed by atoms with Gasteiger partial charge >= 0.3 is 12.1 Å². The van der Waals surface area contributed by atoms with Crippen molar-refractivity contribution in [3.63, 3.8) is 0 Å². The third kappa shape index (κ3) is 7.81. The van der Waals surface area contributed by atoms with Crippen molar-refractivity contribution in [2.75, 3.05) is 19.6 Å². The molecule has 0 radical (unpaired) electrons. The number of hydrogen-bond donors (Lipinski definition) is 3. The van der Waals surface area contributed by atoms with Crippen LogP contribution in [0.3, 0.4) is 0 Å². The van der Waals surface area contributed by atoms with Gasteiger partial charge in [0, 0.05) is 0 Å². The van der Waals surface area contributed by atoms with Crippen LogP contribution in [0.25, 0.3) is 0 Å². The number of halogens is 4. The van der Waals surface area contributed by atoms with E-state index in [1.807, 2.05) is 0 Å². The topological polar surface area (TPSA) is 110 Å². The van der Waals surface area contributed by atoms with Crippen LogP contribution in [-0.2, 0) is 9.59 Å². The predicted octanol–water partition coefficient (Wildman–Crippen LogP) is 0.256. The number of rotatable bonds is 5. The van der Waals surface area contributed by atoms with Crippen molar-refractivity contribution >= 4 is 11.9 Å². The van der Waals surface area contributed by atoms with Crippen LogP contribution >= 0.6 is 0 Å². The number of carbonyl (C=O) groups is 2. The molecule has 124 valence electrons. The van der Waals surface area contributed by atoms with Crippen LogP contribution in [0.15, 0.2) is 0 Å². The first-order chi connectivity index (χ1) is 9.59. The van der Waals surface area contributed by atoms with Gasteiger partial charge in [0.15, 0.2) is 0 Å². The van der Waals surface area contributed by atoms with E-state index in [0.29, 0.717) is 13.0 Å². The van der Waals surface area contributed by atoms with Crippen LogP contribution in [0.1, 0.15) is 19.3 Å². The molecule has 1 unspecified atom stereocenters. The van der Waals surface area contributed by atoms with Gasteiger partial charge in [-0.15, -0.1) is 0 Å². The van der Waals surface area contributed by atoms with Crippen molar-refractivity contribution in [1.82, 2.24) is 4.90 Å². The van der Waals surface area contributed by atoms with Gasteiger partial charge in [-0.3, -0.25) is 4.79 Å². The highest BCUT2D eigenvalue weighted by Crippen LogP contribution is 2.14. The summed E-state index contributed by atoms with van der Waals surface area (Å²) in [4.78, 5) is 21.8. The normalized spacial score (nSPS) is 16.6. The number of nitrogens with zero attached hydrogens (tertiary/aromatic N) is 1. The maximum atomic E-state index is 12.4. The monoisotopic (exact) mass is 317 g/mol. The maximum absolute atomic E-state index is 12.4. The minimum atomic E-state index is -5.08. The van der Waals surface area contributed by atoms with Crippen molar-refractivity contribution in [3.8, 4) is 0 Å². The molecule has 1 aliphatic rings. The summed E-state index contributed by atoms with van der Waals surface area (Å²) in [5.41, 5.74) is 11.0. The van der Waals surface area contributed by atoms with Gasteiger partial charge in [-0.05, 0) is 19.4 Å². The highest BCUT2D eigenvalue weighted by Gasteiger charge is 2.38. The Morgan fingerprint density at radius 3 is 2.10 bits per heavy atom. The molecule has 5 N–H and O–H groups in total. The molecule has 0 spiro atoms. The summed E-state index contributed by atoms with van der Waals surface area (Å²) in [5, 5.41) is 7.12. The number of unbranched alkanes of at least 4 members (excludes halogenated alkanes) is 1. The van der Waals surface area contributed by atoms with Gasteiger partial charge in [-0.25, -0.2) is 9.18 Å². The van der Waals surface area contributed by atoms with Crippen LogP contribution in [0, 0.1) is 0 Å². The minimum absolute atomic E-state index is 0.129. The number of carboxylic acid groups (broad SMARTS) is 1. The van der Waals surface area contributed by atoms with E-state index in [1.165, 1.54) is 4.90 Å². The third-order valence-electron chi connectivity index (χ3n) is 2.68. The number of amides is 1. The SMILES string of the molecule is NCCCCC(N)C(=O)N1CC(F)C1.O=C(O)C(F)(F)F. The Balaban J connectivity index is 0.000000486. The molecule has 0 bridgehead atoms. The van der Waals surface area contributed by atoms with Crippen molar-refractivity contribution < 1.29 is 32.3 Å². The first kappa shape index (κ1) is 19.6. The van der Waals surface area contributed by atoms with E-state index in [4.69, 9.17) is 21.4 Å². The number of aliphatic carboxylic acids is 1. The average Bonchev–Trinajstić information content (AvgIpc) is 2.34. The van der Waals surface area contributed by atoms with E-state index in [0.717, 1.165) is 12.8 Å². The molecule has 1 atom stereocenters. The van der Waals surface area contributed by atoms with Gasteiger partial charge in [0.25, 0.3) is 0 Å². The zero-order valence-corrected chi connectivity index (χ0v) is 11.3. The molecule has 1 rings (SSSR count). The molecule has 0 aliphatic carbocycles. The largest absolute Gasteiger partial charge is 0.490 e. The standard InChI is InChI=1S/C9H18FN3O.C2HF3O2/c10-7-5-13(6-7)9(14)8(12)3-1-2-4-11;3-2(4,5)1(6)7/h7-8H,1-6,11-12H2;(H,6,7). The molecule has 21 heavy (non-hydrogen) atoms. The zero-order valence-electron chi connectivity index (χ0n) is 11.3. The molecular formula is C11H19F4N3O3. The summed E-state index contributed by atoms with van der Waals surface area (Å²) in [7, 11) is 0. The molecular weight excluding hydrogens is 298 g/mol. The predicted molar refractivity (Wildman–Crippen MR) is 66.0 cm³/mol. The van der Waals surface area contributed by atoms with Gasteiger partial charge in [0.1, 0.15) is 6.17 Å². The van der Waals surface area contributed by atoms with Gasteiger partial charge in [-0.1, -0.05) is 6.42 Å². The Morgan fingerprint density at radius 1 is 1.29 bits per heavy atom. The molecule has 1 amide bonds. The number of carbonyl (C=O) groups excluding carboxylic acids is 1. The molecule has 1 heterocycles. The number of nitrogens with two attached hydrogens (primary N) is 2. The zero-order chi connectivity index (χ0) is 16.6. The van der Waals surface area contributed by atoms with Crippen molar-refractivity contribution in [2.45, 2.75) is 37.7 Å². The molecule has 1 aliphatic heterocycles. The van der Waals surface area contributed by atoms with Crippen LogP contribution in [0.4, 0.5) is 17.6 Å². The fourth-order valence-electron chi connectivity index (χ4n) is 1.47. The van der Waals surface area contributed by atoms with Crippen molar-refractivity contribution in [3.05, 3.63) is 0 Å². The van der Waals surface area contributed by atoms with Crippen molar-refractivity contribution in [1.29, 1.82) is 0 Å². The van der Waals surface area contributed by atoms with Gasteiger partial charge in [-0.2, -0.15) is 13.2 Å². The molecule has 0 aromatic heterocycles. The fraction of sp³-hybridized carbons (Fsp3) is 0.818. The highest BCUT2D eigenvalue weighted by molar-refractivity contribution is 5.82. The fourth-order valence-corrected chi connectivity index (χ4v) is 1.47. The summed E-state index contributed by atoms with van der Waals surface area (Å²) in [6, 6.07) is -0.478. The smallest absolute Gasteiger partial charge is 0.475 e. The maximum Gasteiger partial charge on any atom is 0.490 e.